The molecule has 3 amide bonds. The lowest BCUT2D eigenvalue weighted by Gasteiger charge is -2.15. The highest BCUT2D eigenvalue weighted by Gasteiger charge is 2.22. The third-order valence-electron chi connectivity index (χ3n) is 4.26. The minimum atomic E-state index is -1.21. The molecule has 0 aliphatic heterocycles. The summed E-state index contributed by atoms with van der Waals surface area (Å²) < 4.78 is 13.5. The predicted molar refractivity (Wildman–Crippen MR) is 105 cm³/mol. The van der Waals surface area contributed by atoms with Gasteiger partial charge in [0, 0.05) is 23.5 Å². The minimum absolute atomic E-state index is 0.0116. The van der Waals surface area contributed by atoms with E-state index in [9.17, 15) is 23.9 Å². The van der Waals surface area contributed by atoms with E-state index in [0.717, 1.165) is 16.5 Å². The lowest BCUT2D eigenvalue weighted by Crippen LogP contribution is -2.48. The van der Waals surface area contributed by atoms with Crippen LogP contribution in [0.25, 0.3) is 10.9 Å². The van der Waals surface area contributed by atoms with Crippen LogP contribution in [0.2, 0.25) is 0 Å². The Morgan fingerprint density at radius 2 is 1.79 bits per heavy atom. The van der Waals surface area contributed by atoms with Crippen molar-refractivity contribution in [2.45, 2.75) is 12.5 Å². The molecule has 0 aliphatic carbocycles. The van der Waals surface area contributed by atoms with Crippen LogP contribution in [0.15, 0.2) is 54.7 Å². The number of hydrogen-bond acceptors (Lipinski definition) is 3. The number of halogens is 1. The molecule has 0 spiro atoms. The molecule has 0 fully saturated rings. The fraction of sp³-hybridized carbons (Fsp3) is 0.150. The Balaban J connectivity index is 1.55. The predicted octanol–water partition coefficient (Wildman–Crippen LogP) is 2.24. The van der Waals surface area contributed by atoms with Crippen molar-refractivity contribution in [2.24, 2.45) is 0 Å². The van der Waals surface area contributed by atoms with Crippen molar-refractivity contribution >= 4 is 34.5 Å². The van der Waals surface area contributed by atoms with Crippen LogP contribution in [-0.2, 0) is 16.0 Å². The second kappa shape index (κ2) is 8.87. The minimum Gasteiger partial charge on any atom is -0.480 e. The van der Waals surface area contributed by atoms with Crippen molar-refractivity contribution in [2.75, 3.05) is 11.9 Å². The largest absolute Gasteiger partial charge is 0.480 e. The highest BCUT2D eigenvalue weighted by molar-refractivity contribution is 5.95. The number of hydrogen-bond donors (Lipinski definition) is 5. The van der Waals surface area contributed by atoms with Crippen LogP contribution in [0.5, 0.6) is 0 Å². The summed E-state index contributed by atoms with van der Waals surface area (Å²) in [5.74, 6) is -2.45. The number of para-hydroxylation sites is 2. The summed E-state index contributed by atoms with van der Waals surface area (Å²) in [6.07, 6.45) is 1.76. The van der Waals surface area contributed by atoms with E-state index < -0.39 is 36.3 Å². The van der Waals surface area contributed by atoms with Gasteiger partial charge in [0.25, 0.3) is 0 Å². The molecule has 1 aromatic heterocycles. The first-order valence-corrected chi connectivity index (χ1v) is 8.80. The number of carboxylic acid groups (broad SMARTS) is 1. The van der Waals surface area contributed by atoms with Crippen LogP contribution in [0.4, 0.5) is 14.9 Å². The lowest BCUT2D eigenvalue weighted by atomic mass is 10.1. The van der Waals surface area contributed by atoms with E-state index >= 15 is 0 Å². The number of rotatable bonds is 7. The summed E-state index contributed by atoms with van der Waals surface area (Å²) in [5, 5.41) is 17.2. The maximum absolute atomic E-state index is 13.5. The molecular weight excluding hydrogens is 379 g/mol. The summed E-state index contributed by atoms with van der Waals surface area (Å²) in [6, 6.07) is 11.0. The number of aromatic nitrogens is 1. The number of anilines is 1. The van der Waals surface area contributed by atoms with Crippen molar-refractivity contribution < 1.29 is 23.9 Å². The van der Waals surface area contributed by atoms with E-state index in [4.69, 9.17) is 0 Å². The van der Waals surface area contributed by atoms with E-state index in [0.29, 0.717) is 0 Å². The van der Waals surface area contributed by atoms with Crippen molar-refractivity contribution in [1.29, 1.82) is 0 Å². The molecule has 8 nitrogen and oxygen atoms in total. The van der Waals surface area contributed by atoms with Crippen LogP contribution in [-0.4, -0.2) is 40.6 Å². The molecule has 0 radical (unpaired) electrons. The Morgan fingerprint density at radius 1 is 1.07 bits per heavy atom. The molecule has 1 heterocycles. The van der Waals surface area contributed by atoms with Crippen LogP contribution < -0.4 is 16.0 Å². The van der Waals surface area contributed by atoms with Crippen molar-refractivity contribution in [1.82, 2.24) is 15.6 Å². The number of carbonyl (C=O) groups is 3. The Hall–Kier alpha value is -3.88. The second-order valence-corrected chi connectivity index (χ2v) is 6.31. The van der Waals surface area contributed by atoms with Crippen LogP contribution in [0.1, 0.15) is 5.56 Å². The fourth-order valence-electron chi connectivity index (χ4n) is 2.85. The quantitative estimate of drug-likeness (QED) is 0.419. The summed E-state index contributed by atoms with van der Waals surface area (Å²) in [5.41, 5.74) is 1.59. The molecule has 150 valence electrons. The van der Waals surface area contributed by atoms with Gasteiger partial charge in [0.1, 0.15) is 11.9 Å². The Bertz CT molecular complexity index is 1050. The highest BCUT2D eigenvalue weighted by atomic mass is 19.1. The molecular formula is C20H19FN4O4. The van der Waals surface area contributed by atoms with E-state index in [2.05, 4.69) is 20.9 Å². The Morgan fingerprint density at radius 3 is 2.55 bits per heavy atom. The summed E-state index contributed by atoms with van der Waals surface area (Å²) in [6.45, 7) is -0.445. The first-order valence-electron chi connectivity index (χ1n) is 8.80. The van der Waals surface area contributed by atoms with E-state index in [1.165, 1.54) is 18.2 Å². The number of benzene rings is 2. The standard InChI is InChI=1S/C20H19FN4O4/c21-14-6-2-4-8-16(14)24-18(26)11-23-20(29)25-17(19(27)28)9-12-10-22-15-7-3-1-5-13(12)15/h1-8,10,17,22H,9,11H2,(H,24,26)(H,27,28)(H2,23,25,29). The number of aromatic amines is 1. The van der Waals surface area contributed by atoms with Gasteiger partial charge in [-0.3, -0.25) is 4.79 Å². The zero-order valence-electron chi connectivity index (χ0n) is 15.2. The lowest BCUT2D eigenvalue weighted by molar-refractivity contribution is -0.139. The summed E-state index contributed by atoms with van der Waals surface area (Å²) in [4.78, 5) is 38.5. The van der Waals surface area contributed by atoms with Crippen LogP contribution in [0, 0.1) is 5.82 Å². The Labute approximate surface area is 165 Å². The summed E-state index contributed by atoms with van der Waals surface area (Å²) >= 11 is 0. The van der Waals surface area contributed by atoms with Gasteiger partial charge in [-0.05, 0) is 23.8 Å². The average Bonchev–Trinajstić information content (AvgIpc) is 3.10. The van der Waals surface area contributed by atoms with E-state index in [1.54, 1.807) is 12.3 Å². The number of carboxylic acids is 1. The molecule has 3 aromatic rings. The number of fused-ring (bicyclic) bond motifs is 1. The van der Waals surface area contributed by atoms with E-state index in [1.807, 2.05) is 24.3 Å². The first kappa shape index (κ1) is 19.9. The van der Waals surface area contributed by atoms with Crippen molar-refractivity contribution in [3.05, 3.63) is 66.1 Å². The monoisotopic (exact) mass is 398 g/mol. The third-order valence-corrected chi connectivity index (χ3v) is 4.26. The molecule has 5 N–H and O–H groups in total. The van der Waals surface area contributed by atoms with Crippen molar-refractivity contribution in [3.63, 3.8) is 0 Å². The molecule has 29 heavy (non-hydrogen) atoms. The number of urea groups is 1. The van der Waals surface area contributed by atoms with Crippen molar-refractivity contribution in [3.8, 4) is 0 Å². The molecule has 0 bridgehead atoms. The van der Waals surface area contributed by atoms with Gasteiger partial charge in [0.15, 0.2) is 0 Å². The molecule has 1 unspecified atom stereocenters. The van der Waals surface area contributed by atoms with Gasteiger partial charge in [-0.25, -0.2) is 14.0 Å². The summed E-state index contributed by atoms with van der Waals surface area (Å²) in [7, 11) is 0. The van der Waals surface area contributed by atoms with Gasteiger partial charge in [-0.1, -0.05) is 30.3 Å². The topological polar surface area (TPSA) is 123 Å². The second-order valence-electron chi connectivity index (χ2n) is 6.31. The first-order chi connectivity index (χ1) is 13.9. The normalized spacial score (nSPS) is 11.6. The van der Waals surface area contributed by atoms with Crippen LogP contribution >= 0.6 is 0 Å². The maximum atomic E-state index is 13.5. The number of carbonyl (C=O) groups excluding carboxylic acids is 2. The number of H-pyrrole nitrogens is 1. The van der Waals surface area contributed by atoms with E-state index in [-0.39, 0.29) is 12.1 Å². The Kier molecular flexibility index (Phi) is 6.08. The van der Waals surface area contributed by atoms with Gasteiger partial charge in [-0.2, -0.15) is 0 Å². The molecule has 0 saturated carbocycles. The average molecular weight is 398 g/mol. The highest BCUT2D eigenvalue weighted by Crippen LogP contribution is 2.19. The number of amides is 3. The van der Waals surface area contributed by atoms with Crippen LogP contribution in [0.3, 0.4) is 0 Å². The number of nitrogens with one attached hydrogen (secondary N) is 4. The zero-order valence-corrected chi connectivity index (χ0v) is 15.2. The molecule has 1 atom stereocenters. The van der Waals surface area contributed by atoms with Gasteiger partial charge < -0.3 is 26.0 Å². The van der Waals surface area contributed by atoms with Gasteiger partial charge >= 0.3 is 12.0 Å². The zero-order chi connectivity index (χ0) is 20.8. The fourth-order valence-corrected chi connectivity index (χ4v) is 2.85. The van der Waals surface area contributed by atoms with Gasteiger partial charge in [0.05, 0.1) is 12.2 Å². The maximum Gasteiger partial charge on any atom is 0.326 e. The molecule has 2 aromatic carbocycles. The molecule has 0 saturated heterocycles. The smallest absolute Gasteiger partial charge is 0.326 e. The molecule has 0 aliphatic rings. The molecule has 9 heteroatoms. The van der Waals surface area contributed by atoms with Gasteiger partial charge in [-0.15, -0.1) is 0 Å². The molecule has 3 rings (SSSR count). The third kappa shape index (κ3) is 5.10. The van der Waals surface area contributed by atoms with Gasteiger partial charge in [0.2, 0.25) is 5.91 Å². The number of aliphatic carboxylic acids is 1. The SMILES string of the molecule is O=C(CNC(=O)NC(Cc1c[nH]c2ccccc12)C(=O)O)Nc1ccccc1F.